The fraction of sp³-hybridized carbons (Fsp3) is 0.160. The Morgan fingerprint density at radius 3 is 2.61 bits per heavy atom. The van der Waals surface area contributed by atoms with Crippen molar-refractivity contribution < 1.29 is 9.59 Å². The number of fused-ring (bicyclic) bond motifs is 2. The number of benzene rings is 3. The van der Waals surface area contributed by atoms with Crippen LogP contribution in [0.5, 0.6) is 0 Å². The second-order valence-electron chi connectivity index (χ2n) is 7.59. The molecule has 0 radical (unpaired) electrons. The Kier molecular flexibility index (Phi) is 5.22. The standard InChI is InChI=1S/C25H21N3O2S/c29-23(15-19-11-6-10-17-7-4-5-12-20(17)19)27-25-26-21-13-14-28(16-22(21)31-25)24(30)18-8-2-1-3-9-18/h1-12H,13-16H2,(H,26,27,29). The normalized spacial score (nSPS) is 13.1. The van der Waals surface area contributed by atoms with Crippen LogP contribution in [0.4, 0.5) is 5.13 Å². The van der Waals surface area contributed by atoms with Crippen molar-refractivity contribution in [2.75, 3.05) is 11.9 Å². The third-order valence-electron chi connectivity index (χ3n) is 5.52. The Hall–Kier alpha value is -3.51. The Bertz CT molecular complexity index is 1260. The van der Waals surface area contributed by atoms with E-state index >= 15 is 0 Å². The molecule has 5 rings (SSSR count). The Morgan fingerprint density at radius 1 is 0.968 bits per heavy atom. The number of carbonyl (C=O) groups is 2. The molecule has 0 bridgehead atoms. The van der Waals surface area contributed by atoms with Gasteiger partial charge in [-0.05, 0) is 28.5 Å². The van der Waals surface area contributed by atoms with Crippen molar-refractivity contribution in [2.24, 2.45) is 0 Å². The molecule has 0 aliphatic carbocycles. The van der Waals surface area contributed by atoms with Crippen LogP contribution >= 0.6 is 11.3 Å². The molecule has 0 atom stereocenters. The summed E-state index contributed by atoms with van der Waals surface area (Å²) in [6.45, 7) is 1.16. The minimum absolute atomic E-state index is 0.0289. The number of rotatable bonds is 4. The predicted octanol–water partition coefficient (Wildman–Crippen LogP) is 4.68. The predicted molar refractivity (Wildman–Crippen MR) is 123 cm³/mol. The summed E-state index contributed by atoms with van der Waals surface area (Å²) >= 11 is 1.46. The summed E-state index contributed by atoms with van der Waals surface area (Å²) in [5.41, 5.74) is 2.67. The molecule has 1 aromatic heterocycles. The molecule has 4 aromatic rings. The van der Waals surface area contributed by atoms with E-state index < -0.39 is 0 Å². The van der Waals surface area contributed by atoms with Crippen molar-refractivity contribution >= 4 is 39.1 Å². The topological polar surface area (TPSA) is 62.3 Å². The van der Waals surface area contributed by atoms with Gasteiger partial charge < -0.3 is 10.2 Å². The second-order valence-corrected chi connectivity index (χ2v) is 8.68. The maximum Gasteiger partial charge on any atom is 0.254 e. The Labute approximate surface area is 184 Å². The highest BCUT2D eigenvalue weighted by molar-refractivity contribution is 7.15. The minimum atomic E-state index is -0.0836. The molecule has 0 unspecified atom stereocenters. The molecule has 0 saturated carbocycles. The zero-order valence-electron chi connectivity index (χ0n) is 16.9. The van der Waals surface area contributed by atoms with E-state index in [1.165, 1.54) is 11.3 Å². The zero-order valence-corrected chi connectivity index (χ0v) is 17.7. The van der Waals surface area contributed by atoms with E-state index in [1.807, 2.05) is 77.7 Å². The lowest BCUT2D eigenvalue weighted by Crippen LogP contribution is -2.35. The third kappa shape index (κ3) is 4.07. The Morgan fingerprint density at radius 2 is 1.74 bits per heavy atom. The number of nitrogens with one attached hydrogen (secondary N) is 1. The van der Waals surface area contributed by atoms with E-state index in [1.54, 1.807) is 0 Å². The van der Waals surface area contributed by atoms with Crippen LogP contribution in [0.1, 0.15) is 26.5 Å². The Balaban J connectivity index is 1.27. The summed E-state index contributed by atoms with van der Waals surface area (Å²) in [6, 6.07) is 23.4. The van der Waals surface area contributed by atoms with Gasteiger partial charge in [-0.15, -0.1) is 0 Å². The largest absolute Gasteiger partial charge is 0.333 e. The highest BCUT2D eigenvalue weighted by atomic mass is 32.1. The monoisotopic (exact) mass is 427 g/mol. The first kappa shape index (κ1) is 19.5. The molecular formula is C25H21N3O2S. The third-order valence-corrected chi connectivity index (χ3v) is 6.51. The second kappa shape index (κ2) is 8.32. The average molecular weight is 428 g/mol. The number of aromatic nitrogens is 1. The minimum Gasteiger partial charge on any atom is -0.333 e. The van der Waals surface area contributed by atoms with Crippen molar-refractivity contribution in [3.05, 3.63) is 94.5 Å². The summed E-state index contributed by atoms with van der Waals surface area (Å²) in [7, 11) is 0. The maximum atomic E-state index is 12.7. The number of carbonyl (C=O) groups excluding carboxylic acids is 2. The first-order chi connectivity index (χ1) is 15.2. The van der Waals surface area contributed by atoms with Gasteiger partial charge in [-0.1, -0.05) is 72.0 Å². The van der Waals surface area contributed by atoms with E-state index in [2.05, 4.69) is 10.3 Å². The van der Waals surface area contributed by atoms with Gasteiger partial charge in [0.25, 0.3) is 5.91 Å². The van der Waals surface area contributed by atoms with Crippen molar-refractivity contribution in [1.82, 2.24) is 9.88 Å². The van der Waals surface area contributed by atoms with Crippen molar-refractivity contribution in [3.63, 3.8) is 0 Å². The molecule has 0 fully saturated rings. The van der Waals surface area contributed by atoms with E-state index in [-0.39, 0.29) is 11.8 Å². The van der Waals surface area contributed by atoms with Gasteiger partial charge in [-0.2, -0.15) is 0 Å². The molecule has 0 saturated heterocycles. The highest BCUT2D eigenvalue weighted by Gasteiger charge is 2.25. The zero-order chi connectivity index (χ0) is 21.2. The first-order valence-electron chi connectivity index (χ1n) is 10.3. The van der Waals surface area contributed by atoms with Crippen LogP contribution in [0.25, 0.3) is 10.8 Å². The number of hydrogen-bond acceptors (Lipinski definition) is 4. The van der Waals surface area contributed by atoms with Crippen LogP contribution < -0.4 is 5.32 Å². The van der Waals surface area contributed by atoms with E-state index in [9.17, 15) is 9.59 Å². The summed E-state index contributed by atoms with van der Waals surface area (Å²) in [5.74, 6) is -0.0548. The molecule has 2 amide bonds. The van der Waals surface area contributed by atoms with Crippen LogP contribution in [0.15, 0.2) is 72.8 Å². The number of thiazole rings is 1. The summed E-state index contributed by atoms with van der Waals surface area (Å²) in [5, 5.41) is 5.77. The molecule has 6 heteroatoms. The van der Waals surface area contributed by atoms with Gasteiger partial charge >= 0.3 is 0 Å². The SMILES string of the molecule is O=C(Cc1cccc2ccccc12)Nc1nc2c(s1)CN(C(=O)c1ccccc1)CC2. The molecule has 5 nitrogen and oxygen atoms in total. The lowest BCUT2D eigenvalue weighted by Gasteiger charge is -2.26. The van der Waals surface area contributed by atoms with Gasteiger partial charge in [0.1, 0.15) is 0 Å². The first-order valence-corrected chi connectivity index (χ1v) is 11.1. The summed E-state index contributed by atoms with van der Waals surface area (Å²) in [6.07, 6.45) is 0.994. The molecular weight excluding hydrogens is 406 g/mol. The van der Waals surface area contributed by atoms with Gasteiger partial charge in [0, 0.05) is 23.4 Å². The molecule has 154 valence electrons. The lowest BCUT2D eigenvalue weighted by atomic mass is 10.0. The van der Waals surface area contributed by atoms with Crippen molar-refractivity contribution in [1.29, 1.82) is 0 Å². The number of amides is 2. The molecule has 1 aliphatic rings. The van der Waals surface area contributed by atoms with Gasteiger partial charge in [0.2, 0.25) is 5.91 Å². The van der Waals surface area contributed by atoms with Crippen LogP contribution in [-0.2, 0) is 24.2 Å². The molecule has 31 heavy (non-hydrogen) atoms. The molecule has 2 heterocycles. The molecule has 1 aliphatic heterocycles. The molecule has 0 spiro atoms. The maximum absolute atomic E-state index is 12.7. The summed E-state index contributed by atoms with van der Waals surface area (Å²) in [4.78, 5) is 32.9. The van der Waals surface area contributed by atoms with Crippen molar-refractivity contribution in [2.45, 2.75) is 19.4 Å². The van der Waals surface area contributed by atoms with Gasteiger partial charge in [-0.3, -0.25) is 9.59 Å². The summed E-state index contributed by atoms with van der Waals surface area (Å²) < 4.78 is 0. The number of hydrogen-bond donors (Lipinski definition) is 1. The fourth-order valence-corrected chi connectivity index (χ4v) is 5.01. The van der Waals surface area contributed by atoms with Crippen LogP contribution in [-0.4, -0.2) is 28.2 Å². The average Bonchev–Trinajstić information content (AvgIpc) is 3.20. The van der Waals surface area contributed by atoms with E-state index in [0.29, 0.717) is 36.6 Å². The van der Waals surface area contributed by atoms with E-state index in [0.717, 1.165) is 26.9 Å². The van der Waals surface area contributed by atoms with E-state index in [4.69, 9.17) is 0 Å². The molecule has 1 N–H and O–H groups in total. The van der Waals surface area contributed by atoms with Gasteiger partial charge in [-0.25, -0.2) is 4.98 Å². The smallest absolute Gasteiger partial charge is 0.254 e. The number of nitrogens with zero attached hydrogens (tertiary/aromatic N) is 2. The fourth-order valence-electron chi connectivity index (χ4n) is 3.97. The van der Waals surface area contributed by atoms with Gasteiger partial charge in [0.15, 0.2) is 5.13 Å². The molecule has 3 aromatic carbocycles. The highest BCUT2D eigenvalue weighted by Crippen LogP contribution is 2.29. The number of anilines is 1. The van der Waals surface area contributed by atoms with Gasteiger partial charge in [0.05, 0.1) is 18.7 Å². The lowest BCUT2D eigenvalue weighted by molar-refractivity contribution is -0.115. The van der Waals surface area contributed by atoms with Crippen LogP contribution in [0.2, 0.25) is 0 Å². The van der Waals surface area contributed by atoms with Crippen LogP contribution in [0.3, 0.4) is 0 Å². The quantitative estimate of drug-likeness (QED) is 0.515. The van der Waals surface area contributed by atoms with Crippen LogP contribution in [0, 0.1) is 0 Å². The van der Waals surface area contributed by atoms with Crippen molar-refractivity contribution in [3.8, 4) is 0 Å².